The minimum absolute atomic E-state index is 0.418. The summed E-state index contributed by atoms with van der Waals surface area (Å²) in [7, 11) is 0. The Kier molecular flexibility index (Phi) is 4.07. The monoisotopic (exact) mass is 129 g/mol. The maximum Gasteiger partial charge on any atom is 0.327 e. The second-order valence-corrected chi connectivity index (χ2v) is 1.38. The van der Waals surface area contributed by atoms with Crippen molar-refractivity contribution < 1.29 is 9.90 Å². The Labute approximate surface area is 52.8 Å². The first kappa shape index (κ1) is 7.30. The van der Waals surface area contributed by atoms with Crippen LogP contribution in [0.5, 0.6) is 0 Å². The van der Waals surface area contributed by atoms with Gasteiger partial charge < -0.3 is 5.11 Å². The SMILES string of the molecule is O=C(O)C=CC[C]=S. The summed E-state index contributed by atoms with van der Waals surface area (Å²) in [6.07, 6.45) is 2.90. The Balaban J connectivity index is 3.34. The summed E-state index contributed by atoms with van der Waals surface area (Å²) >= 11 is 4.31. The average Bonchev–Trinajstić information content (AvgIpc) is 1.66. The Morgan fingerprint density at radius 1 is 1.88 bits per heavy atom. The van der Waals surface area contributed by atoms with Crippen LogP contribution in [-0.2, 0) is 4.79 Å². The van der Waals surface area contributed by atoms with Gasteiger partial charge in [-0.15, -0.1) is 0 Å². The second-order valence-electron chi connectivity index (χ2n) is 1.09. The molecule has 2 nitrogen and oxygen atoms in total. The molecule has 0 amide bonds. The molecule has 1 radical (unpaired) electrons. The lowest BCUT2D eigenvalue weighted by molar-refractivity contribution is -0.131. The highest BCUT2D eigenvalue weighted by atomic mass is 32.1. The Bertz CT molecular complexity index is 118. The zero-order valence-electron chi connectivity index (χ0n) is 4.13. The van der Waals surface area contributed by atoms with Crippen molar-refractivity contribution in [2.45, 2.75) is 6.42 Å². The van der Waals surface area contributed by atoms with Crippen LogP contribution in [0.4, 0.5) is 0 Å². The van der Waals surface area contributed by atoms with Gasteiger partial charge in [0.2, 0.25) is 0 Å². The third-order valence-corrected chi connectivity index (χ3v) is 0.628. The van der Waals surface area contributed by atoms with Gasteiger partial charge in [0.05, 0.1) is 0 Å². The Morgan fingerprint density at radius 3 is 2.88 bits per heavy atom. The smallest absolute Gasteiger partial charge is 0.327 e. The van der Waals surface area contributed by atoms with Gasteiger partial charge in [0.1, 0.15) is 0 Å². The summed E-state index contributed by atoms with van der Waals surface area (Å²) in [6.45, 7) is 0. The molecule has 0 aliphatic rings. The number of carbonyl (C=O) groups is 1. The molecule has 0 aromatic carbocycles. The van der Waals surface area contributed by atoms with Crippen molar-refractivity contribution in [2.75, 3.05) is 0 Å². The molecule has 0 aromatic heterocycles. The van der Waals surface area contributed by atoms with Crippen LogP contribution in [0.25, 0.3) is 0 Å². The molecule has 43 valence electrons. The maximum atomic E-state index is 9.73. The van der Waals surface area contributed by atoms with Crippen LogP contribution in [0.2, 0.25) is 0 Å². The van der Waals surface area contributed by atoms with E-state index in [0.29, 0.717) is 6.42 Å². The fourth-order valence-corrected chi connectivity index (χ4v) is 0.304. The topological polar surface area (TPSA) is 37.3 Å². The van der Waals surface area contributed by atoms with Crippen LogP contribution >= 0.6 is 12.2 Å². The molecule has 3 heteroatoms. The minimum Gasteiger partial charge on any atom is -0.478 e. The highest BCUT2D eigenvalue weighted by Crippen LogP contribution is 1.77. The van der Waals surface area contributed by atoms with E-state index in [9.17, 15) is 4.79 Å². The fraction of sp³-hybridized carbons (Fsp3) is 0.200. The van der Waals surface area contributed by atoms with E-state index < -0.39 is 5.97 Å². The lowest BCUT2D eigenvalue weighted by atomic mass is 10.4. The van der Waals surface area contributed by atoms with Gasteiger partial charge in [-0.1, -0.05) is 18.3 Å². The summed E-state index contributed by atoms with van der Waals surface area (Å²) in [5, 5.41) is 10.3. The van der Waals surface area contributed by atoms with Gasteiger partial charge in [-0.25, -0.2) is 4.79 Å². The van der Waals surface area contributed by atoms with Crippen molar-refractivity contribution in [1.82, 2.24) is 0 Å². The first-order valence-corrected chi connectivity index (χ1v) is 2.42. The van der Waals surface area contributed by atoms with Crippen molar-refractivity contribution in [2.24, 2.45) is 0 Å². The van der Waals surface area contributed by atoms with Gasteiger partial charge >= 0.3 is 5.97 Å². The molecule has 0 aromatic rings. The van der Waals surface area contributed by atoms with E-state index in [1.165, 1.54) is 6.08 Å². The molecule has 0 unspecified atom stereocenters. The minimum atomic E-state index is -0.949. The van der Waals surface area contributed by atoms with Gasteiger partial charge in [-0.2, -0.15) is 0 Å². The zero-order valence-corrected chi connectivity index (χ0v) is 4.94. The first-order valence-electron chi connectivity index (χ1n) is 2.02. The molecule has 0 aliphatic heterocycles. The number of hydrogen-bond acceptors (Lipinski definition) is 2. The Morgan fingerprint density at radius 2 is 2.50 bits per heavy atom. The number of carboxylic acids is 1. The largest absolute Gasteiger partial charge is 0.478 e. The van der Waals surface area contributed by atoms with Crippen LogP contribution in [-0.4, -0.2) is 16.4 Å². The third-order valence-electron chi connectivity index (χ3n) is 0.462. The lowest BCUT2D eigenvalue weighted by Gasteiger charge is -1.74. The van der Waals surface area contributed by atoms with Crippen LogP contribution in [0.15, 0.2) is 12.2 Å². The molecule has 8 heavy (non-hydrogen) atoms. The summed E-state index contributed by atoms with van der Waals surface area (Å²) in [5.41, 5.74) is 0. The second kappa shape index (κ2) is 4.46. The highest BCUT2D eigenvalue weighted by molar-refractivity contribution is 7.78. The van der Waals surface area contributed by atoms with E-state index in [2.05, 4.69) is 17.6 Å². The molecular formula is C5H5O2S. The summed E-state index contributed by atoms with van der Waals surface area (Å²) in [5.74, 6) is -0.949. The standard InChI is InChI=1S/C5H5O2S/c6-5(7)3-1-2-4-8/h1,3H,2H2,(H,6,7). The number of carboxylic acid groups (broad SMARTS) is 1. The molecule has 0 saturated heterocycles. The van der Waals surface area contributed by atoms with Crippen molar-refractivity contribution in [3.8, 4) is 0 Å². The number of rotatable bonds is 3. The van der Waals surface area contributed by atoms with Crippen molar-refractivity contribution in [1.29, 1.82) is 0 Å². The predicted octanol–water partition coefficient (Wildman–Crippen LogP) is 0.894. The number of thiocarbonyl (C=S) groups is 1. The van der Waals surface area contributed by atoms with E-state index in [-0.39, 0.29) is 0 Å². The number of aliphatic carboxylic acids is 1. The van der Waals surface area contributed by atoms with E-state index in [1.807, 2.05) is 0 Å². The van der Waals surface area contributed by atoms with Crippen molar-refractivity contribution in [3.05, 3.63) is 12.2 Å². The molecule has 0 bridgehead atoms. The molecule has 0 aliphatic carbocycles. The maximum absolute atomic E-state index is 9.73. The third kappa shape index (κ3) is 5.30. The lowest BCUT2D eigenvalue weighted by Crippen LogP contribution is -1.85. The van der Waals surface area contributed by atoms with Crippen molar-refractivity contribution in [3.63, 3.8) is 0 Å². The normalized spacial score (nSPS) is 9.50. The quantitative estimate of drug-likeness (QED) is 0.454. The molecule has 0 rings (SSSR count). The van der Waals surface area contributed by atoms with Gasteiger partial charge in [0, 0.05) is 17.9 Å². The van der Waals surface area contributed by atoms with E-state index >= 15 is 0 Å². The molecule has 0 spiro atoms. The molecule has 0 fully saturated rings. The van der Waals surface area contributed by atoms with Crippen LogP contribution < -0.4 is 0 Å². The van der Waals surface area contributed by atoms with E-state index in [4.69, 9.17) is 5.11 Å². The Hall–Kier alpha value is -0.700. The molecular weight excluding hydrogens is 124 g/mol. The predicted molar refractivity (Wildman–Crippen MR) is 34.0 cm³/mol. The summed E-state index contributed by atoms with van der Waals surface area (Å²) in [6, 6.07) is 0. The van der Waals surface area contributed by atoms with E-state index in [1.54, 1.807) is 0 Å². The van der Waals surface area contributed by atoms with E-state index in [0.717, 1.165) is 6.08 Å². The highest BCUT2D eigenvalue weighted by Gasteiger charge is 1.80. The van der Waals surface area contributed by atoms with Gasteiger partial charge in [0.15, 0.2) is 0 Å². The molecule has 0 atom stereocenters. The van der Waals surface area contributed by atoms with Gasteiger partial charge in [0.25, 0.3) is 0 Å². The summed E-state index contributed by atoms with van der Waals surface area (Å²) in [4.78, 5) is 9.73. The van der Waals surface area contributed by atoms with Gasteiger partial charge in [-0.05, 0) is 0 Å². The zero-order chi connectivity index (χ0) is 6.41. The van der Waals surface area contributed by atoms with Crippen molar-refractivity contribution >= 4 is 23.6 Å². The fourth-order valence-electron chi connectivity index (χ4n) is 0.208. The number of allylic oxidation sites excluding steroid dienone is 1. The van der Waals surface area contributed by atoms with Crippen LogP contribution in [0.1, 0.15) is 6.42 Å². The average molecular weight is 129 g/mol. The molecule has 0 heterocycles. The number of hydrogen-bond donors (Lipinski definition) is 1. The van der Waals surface area contributed by atoms with Crippen LogP contribution in [0, 0.1) is 0 Å². The molecule has 0 saturated carbocycles. The van der Waals surface area contributed by atoms with Gasteiger partial charge in [-0.3, -0.25) is 0 Å². The summed E-state index contributed by atoms with van der Waals surface area (Å²) < 4.78 is 0. The first-order chi connectivity index (χ1) is 3.77. The molecule has 1 N–H and O–H groups in total. The van der Waals surface area contributed by atoms with Crippen LogP contribution in [0.3, 0.4) is 0 Å².